The van der Waals surface area contributed by atoms with E-state index in [1.165, 1.54) is 6.07 Å². The van der Waals surface area contributed by atoms with Crippen LogP contribution in [0.3, 0.4) is 0 Å². The zero-order valence-corrected chi connectivity index (χ0v) is 10.7. The van der Waals surface area contributed by atoms with Gasteiger partial charge in [0.2, 0.25) is 0 Å². The van der Waals surface area contributed by atoms with E-state index in [4.69, 9.17) is 5.26 Å². The summed E-state index contributed by atoms with van der Waals surface area (Å²) in [6.45, 7) is 4.28. The number of nitriles is 1. The number of nitro groups is 1. The van der Waals surface area contributed by atoms with Crippen LogP contribution in [0.25, 0.3) is 0 Å². The van der Waals surface area contributed by atoms with Crippen LogP contribution in [-0.2, 0) is 0 Å². The van der Waals surface area contributed by atoms with Crippen LogP contribution in [0.1, 0.15) is 25.8 Å². The molecular weight excluding hydrogens is 236 g/mol. The molecule has 0 saturated carbocycles. The van der Waals surface area contributed by atoms with E-state index in [1.807, 2.05) is 6.07 Å². The molecule has 4 nitrogen and oxygen atoms in total. The van der Waals surface area contributed by atoms with Crippen LogP contribution in [0.15, 0.2) is 23.1 Å². The largest absolute Gasteiger partial charge is 0.287 e. The fourth-order valence-corrected chi connectivity index (χ4v) is 2.29. The van der Waals surface area contributed by atoms with Gasteiger partial charge in [0.05, 0.1) is 4.92 Å². The fourth-order valence-electron chi connectivity index (χ4n) is 1.21. The summed E-state index contributed by atoms with van der Waals surface area (Å²) in [5.41, 5.74) is 0.00421. The molecule has 0 N–H and O–H groups in total. The average Bonchev–Trinajstić information content (AvgIpc) is 2.35. The summed E-state index contributed by atoms with van der Waals surface area (Å²) in [6, 6.07) is 6.55. The molecule has 90 valence electrons. The maximum absolute atomic E-state index is 10.7. The number of hydrogen-bond donors (Lipinski definition) is 0. The number of hydrogen-bond acceptors (Lipinski definition) is 4. The molecular formula is C12H14N2O2S. The van der Waals surface area contributed by atoms with Gasteiger partial charge in [-0.2, -0.15) is 5.26 Å². The van der Waals surface area contributed by atoms with Crippen molar-refractivity contribution in [3.63, 3.8) is 0 Å². The van der Waals surface area contributed by atoms with Gasteiger partial charge in [0.1, 0.15) is 11.6 Å². The maximum Gasteiger partial charge on any atom is 0.287 e. The maximum atomic E-state index is 10.7. The van der Waals surface area contributed by atoms with Crippen molar-refractivity contribution in [2.45, 2.75) is 25.2 Å². The average molecular weight is 250 g/mol. The first-order valence-corrected chi connectivity index (χ1v) is 6.38. The predicted molar refractivity (Wildman–Crippen MR) is 68.0 cm³/mol. The van der Waals surface area contributed by atoms with Crippen LogP contribution < -0.4 is 0 Å². The van der Waals surface area contributed by atoms with E-state index in [0.717, 1.165) is 17.1 Å². The highest BCUT2D eigenvalue weighted by atomic mass is 32.2. The lowest BCUT2D eigenvalue weighted by atomic mass is 10.2. The minimum atomic E-state index is -0.526. The van der Waals surface area contributed by atoms with Crippen LogP contribution in [0.5, 0.6) is 0 Å². The molecule has 0 aliphatic heterocycles. The molecule has 0 fully saturated rings. The first kappa shape index (κ1) is 13.5. The Labute approximate surface area is 105 Å². The number of thioether (sulfide) groups is 1. The summed E-state index contributed by atoms with van der Waals surface area (Å²) >= 11 is 1.63. The molecule has 0 radical (unpaired) electrons. The van der Waals surface area contributed by atoms with Crippen molar-refractivity contribution >= 4 is 17.4 Å². The van der Waals surface area contributed by atoms with Gasteiger partial charge >= 0.3 is 0 Å². The van der Waals surface area contributed by atoms with E-state index >= 15 is 0 Å². The van der Waals surface area contributed by atoms with Gasteiger partial charge < -0.3 is 0 Å². The van der Waals surface area contributed by atoms with E-state index < -0.39 is 4.92 Å². The molecule has 0 aliphatic rings. The third kappa shape index (κ3) is 3.75. The molecule has 17 heavy (non-hydrogen) atoms. The zero-order valence-electron chi connectivity index (χ0n) is 9.84. The minimum absolute atomic E-state index is 0.125. The first-order valence-electron chi connectivity index (χ1n) is 5.39. The summed E-state index contributed by atoms with van der Waals surface area (Å²) in [5, 5.41) is 19.5. The van der Waals surface area contributed by atoms with Crippen LogP contribution in [0.4, 0.5) is 5.69 Å². The van der Waals surface area contributed by atoms with Crippen molar-refractivity contribution in [2.75, 3.05) is 5.75 Å². The van der Waals surface area contributed by atoms with Crippen molar-refractivity contribution in [2.24, 2.45) is 5.92 Å². The van der Waals surface area contributed by atoms with Gasteiger partial charge in [-0.05, 0) is 18.1 Å². The van der Waals surface area contributed by atoms with Crippen LogP contribution >= 0.6 is 11.8 Å². The summed E-state index contributed by atoms with van der Waals surface area (Å²) in [5.74, 6) is 1.56. The number of nitrogens with zero attached hydrogens (tertiary/aromatic N) is 2. The third-order valence-electron chi connectivity index (χ3n) is 2.52. The number of rotatable bonds is 5. The molecule has 0 aromatic heterocycles. The minimum Gasteiger partial charge on any atom is -0.258 e. The van der Waals surface area contributed by atoms with Crippen molar-refractivity contribution in [1.82, 2.24) is 0 Å². The Morgan fingerprint density at radius 2 is 2.29 bits per heavy atom. The van der Waals surface area contributed by atoms with E-state index in [1.54, 1.807) is 23.9 Å². The summed E-state index contributed by atoms with van der Waals surface area (Å²) in [4.78, 5) is 11.0. The molecule has 0 saturated heterocycles. The van der Waals surface area contributed by atoms with Gasteiger partial charge in [0.25, 0.3) is 5.69 Å². The van der Waals surface area contributed by atoms with Crippen molar-refractivity contribution in [3.8, 4) is 6.07 Å². The smallest absolute Gasteiger partial charge is 0.258 e. The lowest BCUT2D eigenvalue weighted by Crippen LogP contribution is -1.96. The van der Waals surface area contributed by atoms with Gasteiger partial charge in [-0.3, -0.25) is 10.1 Å². The van der Waals surface area contributed by atoms with E-state index in [9.17, 15) is 10.1 Å². The monoisotopic (exact) mass is 250 g/mol. The lowest BCUT2D eigenvalue weighted by molar-refractivity contribution is -0.385. The highest BCUT2D eigenvalue weighted by Crippen LogP contribution is 2.27. The van der Waals surface area contributed by atoms with Crippen LogP contribution in [-0.4, -0.2) is 10.7 Å². The van der Waals surface area contributed by atoms with Crippen molar-refractivity contribution < 1.29 is 4.92 Å². The predicted octanol–water partition coefficient (Wildman–Crippen LogP) is 3.60. The quantitative estimate of drug-likeness (QED) is 0.455. The number of nitro benzene ring substituents is 1. The summed E-state index contributed by atoms with van der Waals surface area (Å²) < 4.78 is 0. The second-order valence-electron chi connectivity index (χ2n) is 3.87. The second kappa shape index (κ2) is 6.26. The highest BCUT2D eigenvalue weighted by molar-refractivity contribution is 7.99. The van der Waals surface area contributed by atoms with E-state index in [2.05, 4.69) is 13.8 Å². The van der Waals surface area contributed by atoms with E-state index in [0.29, 0.717) is 5.92 Å². The Balaban J connectivity index is 2.84. The van der Waals surface area contributed by atoms with Crippen molar-refractivity contribution in [1.29, 1.82) is 5.26 Å². The standard InChI is InChI=1S/C12H14N2O2S/c1-3-9(2)8-17-11-4-5-12(14(15)16)10(6-11)7-13/h4-6,9H,3,8H2,1-2H3. The van der Waals surface area contributed by atoms with Gasteiger partial charge in [0, 0.05) is 16.7 Å². The summed E-state index contributed by atoms with van der Waals surface area (Å²) in [7, 11) is 0. The Kier molecular flexibility index (Phi) is 4.98. The molecule has 0 heterocycles. The molecule has 1 aromatic carbocycles. The zero-order chi connectivity index (χ0) is 12.8. The SMILES string of the molecule is CCC(C)CSc1ccc([N+](=O)[O-])c(C#N)c1. The Morgan fingerprint density at radius 3 is 2.82 bits per heavy atom. The third-order valence-corrected chi connectivity index (χ3v) is 3.84. The molecule has 1 atom stereocenters. The Morgan fingerprint density at radius 1 is 1.59 bits per heavy atom. The summed E-state index contributed by atoms with van der Waals surface area (Å²) in [6.07, 6.45) is 1.10. The highest BCUT2D eigenvalue weighted by Gasteiger charge is 2.14. The topological polar surface area (TPSA) is 66.9 Å². The van der Waals surface area contributed by atoms with Crippen LogP contribution in [0.2, 0.25) is 0 Å². The van der Waals surface area contributed by atoms with Crippen molar-refractivity contribution in [3.05, 3.63) is 33.9 Å². The molecule has 1 rings (SSSR count). The number of benzene rings is 1. The molecule has 0 spiro atoms. The molecule has 1 aromatic rings. The van der Waals surface area contributed by atoms with E-state index in [-0.39, 0.29) is 11.3 Å². The van der Waals surface area contributed by atoms with Gasteiger partial charge in [-0.1, -0.05) is 20.3 Å². The molecule has 5 heteroatoms. The van der Waals surface area contributed by atoms with Gasteiger partial charge in [0.15, 0.2) is 0 Å². The van der Waals surface area contributed by atoms with Gasteiger partial charge in [-0.15, -0.1) is 11.8 Å². The van der Waals surface area contributed by atoms with Crippen LogP contribution in [0, 0.1) is 27.4 Å². The Bertz CT molecular complexity index is 454. The molecule has 1 unspecified atom stereocenters. The molecule has 0 amide bonds. The first-order chi connectivity index (χ1) is 8.08. The Hall–Kier alpha value is -1.54. The molecule has 0 aliphatic carbocycles. The molecule has 0 bridgehead atoms. The lowest BCUT2D eigenvalue weighted by Gasteiger charge is -2.07. The normalized spacial score (nSPS) is 11.8. The second-order valence-corrected chi connectivity index (χ2v) is 4.97. The van der Waals surface area contributed by atoms with Gasteiger partial charge in [-0.25, -0.2) is 0 Å². The fraction of sp³-hybridized carbons (Fsp3) is 0.417.